The SMILES string of the molecule is CNc1cc(-c2c[nH]c(=O)c(NC3CCN(C(=O)C=CCNC(C)C)CC3)c2)ccn1. The van der Waals surface area contributed by atoms with Crippen LogP contribution in [-0.4, -0.2) is 59.5 Å². The van der Waals surface area contributed by atoms with Crippen molar-refractivity contribution in [2.45, 2.75) is 38.8 Å². The van der Waals surface area contributed by atoms with E-state index >= 15 is 0 Å². The molecule has 1 amide bonds. The van der Waals surface area contributed by atoms with Gasteiger partial charge in [0, 0.05) is 62.8 Å². The van der Waals surface area contributed by atoms with Gasteiger partial charge in [-0.25, -0.2) is 4.98 Å². The van der Waals surface area contributed by atoms with Crippen LogP contribution in [0.25, 0.3) is 11.1 Å². The number of hydrogen-bond donors (Lipinski definition) is 4. The van der Waals surface area contributed by atoms with E-state index in [0.717, 1.165) is 29.8 Å². The Labute approximate surface area is 183 Å². The number of carbonyl (C=O) groups is 1. The maximum Gasteiger partial charge on any atom is 0.271 e. The molecule has 8 nitrogen and oxygen atoms in total. The number of pyridine rings is 2. The predicted octanol–water partition coefficient (Wildman–Crippen LogP) is 2.44. The fourth-order valence-corrected chi connectivity index (χ4v) is 3.54. The second-order valence-electron chi connectivity index (χ2n) is 8.02. The average molecular weight is 425 g/mol. The molecule has 1 aliphatic heterocycles. The number of carbonyl (C=O) groups excluding carboxylic acids is 1. The number of likely N-dealkylation sites (tertiary alicyclic amines) is 1. The summed E-state index contributed by atoms with van der Waals surface area (Å²) >= 11 is 0. The molecule has 4 N–H and O–H groups in total. The monoisotopic (exact) mass is 424 g/mol. The van der Waals surface area contributed by atoms with Gasteiger partial charge in [-0.3, -0.25) is 9.59 Å². The molecule has 0 atom stereocenters. The summed E-state index contributed by atoms with van der Waals surface area (Å²) in [6, 6.07) is 6.26. The van der Waals surface area contributed by atoms with Crippen molar-refractivity contribution in [3.63, 3.8) is 0 Å². The Hall–Kier alpha value is -3.13. The van der Waals surface area contributed by atoms with Crippen molar-refractivity contribution >= 4 is 17.4 Å². The van der Waals surface area contributed by atoms with Crippen molar-refractivity contribution < 1.29 is 4.79 Å². The third kappa shape index (κ3) is 6.42. The van der Waals surface area contributed by atoms with Crippen LogP contribution in [0.2, 0.25) is 0 Å². The van der Waals surface area contributed by atoms with Gasteiger partial charge >= 0.3 is 0 Å². The molecule has 31 heavy (non-hydrogen) atoms. The van der Waals surface area contributed by atoms with Crippen molar-refractivity contribution in [2.24, 2.45) is 0 Å². The molecule has 3 heterocycles. The first-order valence-electron chi connectivity index (χ1n) is 10.8. The molecule has 166 valence electrons. The molecule has 0 spiro atoms. The van der Waals surface area contributed by atoms with Crippen molar-refractivity contribution in [1.82, 2.24) is 20.2 Å². The maximum absolute atomic E-state index is 12.3. The Morgan fingerprint density at radius 1 is 1.29 bits per heavy atom. The van der Waals surface area contributed by atoms with E-state index in [1.807, 2.05) is 36.2 Å². The topological polar surface area (TPSA) is 102 Å². The van der Waals surface area contributed by atoms with E-state index < -0.39 is 0 Å². The molecule has 0 aromatic carbocycles. The number of aromatic amines is 1. The highest BCUT2D eigenvalue weighted by molar-refractivity contribution is 5.87. The van der Waals surface area contributed by atoms with Gasteiger partial charge in [-0.1, -0.05) is 19.9 Å². The minimum atomic E-state index is -0.147. The van der Waals surface area contributed by atoms with Crippen LogP contribution in [0, 0.1) is 0 Å². The minimum Gasteiger partial charge on any atom is -0.378 e. The molecule has 8 heteroatoms. The second-order valence-corrected chi connectivity index (χ2v) is 8.02. The Morgan fingerprint density at radius 3 is 2.77 bits per heavy atom. The molecule has 0 radical (unpaired) electrons. The standard InChI is InChI=1S/C23H32N6O2/c1-16(2)25-9-4-5-22(30)29-11-7-19(8-12-29)28-20-13-18(15-27-23(20)31)17-6-10-26-21(14-17)24-3/h4-6,10,13-16,19,25,28H,7-9,11-12H2,1-3H3,(H,24,26)(H,27,31). The third-order valence-corrected chi connectivity index (χ3v) is 5.32. The van der Waals surface area contributed by atoms with Crippen LogP contribution < -0.4 is 21.5 Å². The first-order valence-corrected chi connectivity index (χ1v) is 10.8. The molecule has 1 aliphatic rings. The van der Waals surface area contributed by atoms with Gasteiger partial charge in [0.2, 0.25) is 5.91 Å². The summed E-state index contributed by atoms with van der Waals surface area (Å²) in [6.07, 6.45) is 8.56. The molecule has 1 fully saturated rings. The van der Waals surface area contributed by atoms with Crippen molar-refractivity contribution in [2.75, 3.05) is 37.3 Å². The largest absolute Gasteiger partial charge is 0.378 e. The Balaban J connectivity index is 1.58. The summed E-state index contributed by atoms with van der Waals surface area (Å²) in [5.41, 5.74) is 2.28. The summed E-state index contributed by atoms with van der Waals surface area (Å²) in [5, 5.41) is 9.65. The number of aromatic nitrogens is 2. The number of anilines is 2. The van der Waals surface area contributed by atoms with E-state index in [9.17, 15) is 9.59 Å². The van der Waals surface area contributed by atoms with Gasteiger partial charge in [-0.05, 0) is 36.6 Å². The van der Waals surface area contributed by atoms with Gasteiger partial charge in [0.25, 0.3) is 5.56 Å². The van der Waals surface area contributed by atoms with Crippen molar-refractivity contribution in [3.05, 3.63) is 53.1 Å². The van der Waals surface area contributed by atoms with E-state index in [1.165, 1.54) is 0 Å². The second kappa shape index (κ2) is 10.8. The van der Waals surface area contributed by atoms with E-state index in [4.69, 9.17) is 0 Å². The molecule has 1 saturated heterocycles. The van der Waals surface area contributed by atoms with Crippen LogP contribution in [0.3, 0.4) is 0 Å². The maximum atomic E-state index is 12.3. The smallest absolute Gasteiger partial charge is 0.271 e. The van der Waals surface area contributed by atoms with Crippen LogP contribution in [0.1, 0.15) is 26.7 Å². The van der Waals surface area contributed by atoms with Crippen molar-refractivity contribution in [1.29, 1.82) is 0 Å². The number of rotatable bonds is 8. The lowest BCUT2D eigenvalue weighted by atomic mass is 10.0. The van der Waals surface area contributed by atoms with Gasteiger partial charge in [-0.2, -0.15) is 0 Å². The van der Waals surface area contributed by atoms with Gasteiger partial charge in [0.1, 0.15) is 11.5 Å². The molecule has 0 aliphatic carbocycles. The molecular weight excluding hydrogens is 392 g/mol. The number of H-pyrrole nitrogens is 1. The van der Waals surface area contributed by atoms with Crippen LogP contribution in [0.5, 0.6) is 0 Å². The number of nitrogens with one attached hydrogen (secondary N) is 4. The zero-order valence-electron chi connectivity index (χ0n) is 18.4. The lowest BCUT2D eigenvalue weighted by molar-refractivity contribution is -0.126. The number of hydrogen-bond acceptors (Lipinski definition) is 6. The lowest BCUT2D eigenvalue weighted by Crippen LogP contribution is -2.42. The quantitative estimate of drug-likeness (QED) is 0.486. The van der Waals surface area contributed by atoms with Gasteiger partial charge in [0.05, 0.1) is 0 Å². The Morgan fingerprint density at radius 2 is 2.06 bits per heavy atom. The Bertz CT molecular complexity index is 961. The fourth-order valence-electron chi connectivity index (χ4n) is 3.54. The van der Waals surface area contributed by atoms with E-state index in [-0.39, 0.29) is 17.5 Å². The molecule has 2 aromatic heterocycles. The van der Waals surface area contributed by atoms with Crippen LogP contribution in [0.15, 0.2) is 47.5 Å². The predicted molar refractivity (Wildman–Crippen MR) is 125 cm³/mol. The average Bonchev–Trinajstić information content (AvgIpc) is 2.78. The normalized spacial score (nSPS) is 14.9. The zero-order chi connectivity index (χ0) is 22.2. The van der Waals surface area contributed by atoms with E-state index in [2.05, 4.69) is 39.8 Å². The summed E-state index contributed by atoms with van der Waals surface area (Å²) < 4.78 is 0. The van der Waals surface area contributed by atoms with Gasteiger partial charge < -0.3 is 25.8 Å². The van der Waals surface area contributed by atoms with Crippen LogP contribution in [-0.2, 0) is 4.79 Å². The molecule has 0 unspecified atom stereocenters. The van der Waals surface area contributed by atoms with Gasteiger partial charge in [-0.15, -0.1) is 0 Å². The van der Waals surface area contributed by atoms with E-state index in [1.54, 1.807) is 18.5 Å². The first-order chi connectivity index (χ1) is 15.0. The summed E-state index contributed by atoms with van der Waals surface area (Å²) in [4.78, 5) is 33.6. The van der Waals surface area contributed by atoms with Crippen LogP contribution in [0.4, 0.5) is 11.5 Å². The van der Waals surface area contributed by atoms with E-state index in [0.29, 0.717) is 31.4 Å². The molecule has 0 saturated carbocycles. The summed E-state index contributed by atoms with van der Waals surface area (Å²) in [7, 11) is 1.82. The zero-order valence-corrected chi connectivity index (χ0v) is 18.4. The summed E-state index contributed by atoms with van der Waals surface area (Å²) in [6.45, 7) is 6.18. The van der Waals surface area contributed by atoms with Gasteiger partial charge in [0.15, 0.2) is 0 Å². The minimum absolute atomic E-state index is 0.0434. The van der Waals surface area contributed by atoms with Crippen LogP contribution >= 0.6 is 0 Å². The number of amides is 1. The summed E-state index contributed by atoms with van der Waals surface area (Å²) in [5.74, 6) is 0.811. The third-order valence-electron chi connectivity index (χ3n) is 5.32. The number of nitrogens with zero attached hydrogens (tertiary/aromatic N) is 2. The molecule has 0 bridgehead atoms. The molecule has 3 rings (SSSR count). The highest BCUT2D eigenvalue weighted by atomic mass is 16.2. The van der Waals surface area contributed by atoms with Crippen molar-refractivity contribution in [3.8, 4) is 11.1 Å². The lowest BCUT2D eigenvalue weighted by Gasteiger charge is -2.32. The first kappa shape index (κ1) is 22.6. The molecular formula is C23H32N6O2. The number of piperidine rings is 1. The molecule has 2 aromatic rings. The highest BCUT2D eigenvalue weighted by Gasteiger charge is 2.22. The fraction of sp³-hybridized carbons (Fsp3) is 0.435. The highest BCUT2D eigenvalue weighted by Crippen LogP contribution is 2.23. The Kier molecular flexibility index (Phi) is 7.83.